The number of hydrogen-bond donors (Lipinski definition) is 0. The van der Waals surface area contributed by atoms with Gasteiger partial charge >= 0.3 is 0 Å². The van der Waals surface area contributed by atoms with Crippen molar-refractivity contribution >= 4 is 16.5 Å². The highest BCUT2D eigenvalue weighted by molar-refractivity contribution is 7.14. The molecule has 0 radical (unpaired) electrons. The molecule has 1 aromatic carbocycles. The van der Waals surface area contributed by atoms with E-state index in [2.05, 4.69) is 27.0 Å². The number of thiazole rings is 1. The van der Waals surface area contributed by atoms with Crippen LogP contribution in [0.1, 0.15) is 13.3 Å². The van der Waals surface area contributed by atoms with Crippen LogP contribution in [0.3, 0.4) is 0 Å². The zero-order valence-electron chi connectivity index (χ0n) is 14.7. The summed E-state index contributed by atoms with van der Waals surface area (Å²) in [6.45, 7) is 10.3. The van der Waals surface area contributed by atoms with Crippen LogP contribution in [0.25, 0.3) is 11.3 Å². The third-order valence-corrected chi connectivity index (χ3v) is 6.34. The summed E-state index contributed by atoms with van der Waals surface area (Å²) >= 11 is 1.69. The van der Waals surface area contributed by atoms with E-state index in [4.69, 9.17) is 4.98 Å². The second-order valence-electron chi connectivity index (χ2n) is 6.88. The molecule has 0 amide bonds. The van der Waals surface area contributed by atoms with Crippen LogP contribution in [-0.4, -0.2) is 66.6 Å². The summed E-state index contributed by atoms with van der Waals surface area (Å²) in [5.74, 6) is -0.204. The van der Waals surface area contributed by atoms with Crippen molar-refractivity contribution in [3.63, 3.8) is 0 Å². The highest BCUT2D eigenvalue weighted by atomic mass is 32.1. The minimum atomic E-state index is -0.204. The predicted molar refractivity (Wildman–Crippen MR) is 102 cm³/mol. The van der Waals surface area contributed by atoms with Crippen LogP contribution in [0.2, 0.25) is 0 Å². The van der Waals surface area contributed by atoms with Gasteiger partial charge in [0.15, 0.2) is 5.13 Å². The van der Waals surface area contributed by atoms with E-state index in [1.54, 1.807) is 23.5 Å². The Morgan fingerprint density at radius 2 is 1.88 bits per heavy atom. The van der Waals surface area contributed by atoms with Gasteiger partial charge in [-0.1, -0.05) is 6.92 Å². The van der Waals surface area contributed by atoms with E-state index in [0.29, 0.717) is 6.04 Å². The first-order valence-electron chi connectivity index (χ1n) is 9.16. The average molecular weight is 361 g/mol. The van der Waals surface area contributed by atoms with Gasteiger partial charge < -0.3 is 9.80 Å². The van der Waals surface area contributed by atoms with E-state index in [-0.39, 0.29) is 5.82 Å². The smallest absolute Gasteiger partial charge is 0.185 e. The first-order chi connectivity index (χ1) is 12.2. The highest BCUT2D eigenvalue weighted by Gasteiger charge is 2.30. The fourth-order valence-corrected chi connectivity index (χ4v) is 4.69. The quantitative estimate of drug-likeness (QED) is 0.835. The van der Waals surface area contributed by atoms with Gasteiger partial charge in [0, 0.05) is 56.3 Å². The second kappa shape index (κ2) is 7.40. The number of hydrogen-bond acceptors (Lipinski definition) is 5. The van der Waals surface area contributed by atoms with Gasteiger partial charge in [-0.2, -0.15) is 0 Å². The molecule has 0 saturated carbocycles. The van der Waals surface area contributed by atoms with Gasteiger partial charge in [-0.3, -0.25) is 4.90 Å². The summed E-state index contributed by atoms with van der Waals surface area (Å²) in [6, 6.07) is 7.24. The van der Waals surface area contributed by atoms with Gasteiger partial charge in [0.05, 0.1) is 5.69 Å². The van der Waals surface area contributed by atoms with Crippen LogP contribution < -0.4 is 4.90 Å². The lowest BCUT2D eigenvalue weighted by atomic mass is 10.2. The number of rotatable bonds is 4. The minimum Gasteiger partial charge on any atom is -0.346 e. The van der Waals surface area contributed by atoms with Gasteiger partial charge in [0.25, 0.3) is 0 Å². The fourth-order valence-electron chi connectivity index (χ4n) is 3.82. The third-order valence-electron chi connectivity index (χ3n) is 5.44. The molecule has 2 saturated heterocycles. The Morgan fingerprint density at radius 1 is 1.12 bits per heavy atom. The summed E-state index contributed by atoms with van der Waals surface area (Å²) in [5, 5.41) is 3.17. The van der Waals surface area contributed by atoms with Crippen molar-refractivity contribution in [3.8, 4) is 11.3 Å². The maximum absolute atomic E-state index is 13.1. The van der Waals surface area contributed by atoms with Gasteiger partial charge in [0.2, 0.25) is 0 Å². The SMILES string of the molecule is CCN1CCN(C2CCN(c3nc(-c4ccc(F)cc4)cs3)C2)CC1. The first kappa shape index (κ1) is 16.9. The molecular weight excluding hydrogens is 335 g/mol. The molecule has 2 aliphatic rings. The molecule has 25 heavy (non-hydrogen) atoms. The van der Waals surface area contributed by atoms with E-state index < -0.39 is 0 Å². The van der Waals surface area contributed by atoms with Crippen LogP contribution in [0, 0.1) is 5.82 Å². The second-order valence-corrected chi connectivity index (χ2v) is 7.72. The standard InChI is InChI=1S/C19H25FN4S/c1-2-22-9-11-23(12-10-22)17-7-8-24(13-17)19-21-18(14-25-19)15-3-5-16(20)6-4-15/h3-6,14,17H,2,7-13H2,1H3. The Labute approximate surface area is 152 Å². The molecule has 2 aliphatic heterocycles. The third kappa shape index (κ3) is 3.71. The zero-order valence-corrected chi connectivity index (χ0v) is 15.5. The van der Waals surface area contributed by atoms with Gasteiger partial charge in [-0.25, -0.2) is 9.37 Å². The van der Waals surface area contributed by atoms with Gasteiger partial charge in [0.1, 0.15) is 5.82 Å². The Morgan fingerprint density at radius 3 is 2.60 bits per heavy atom. The lowest BCUT2D eigenvalue weighted by molar-refractivity contribution is 0.107. The van der Waals surface area contributed by atoms with Crippen molar-refractivity contribution in [3.05, 3.63) is 35.5 Å². The lowest BCUT2D eigenvalue weighted by Crippen LogP contribution is -2.50. The number of nitrogens with zero attached hydrogens (tertiary/aromatic N) is 4. The van der Waals surface area contributed by atoms with Crippen molar-refractivity contribution in [1.82, 2.24) is 14.8 Å². The minimum absolute atomic E-state index is 0.204. The molecule has 2 fully saturated rings. The van der Waals surface area contributed by atoms with Crippen molar-refractivity contribution in [2.24, 2.45) is 0 Å². The molecule has 1 aromatic heterocycles. The predicted octanol–water partition coefficient (Wildman–Crippen LogP) is 3.17. The number of benzene rings is 1. The number of likely N-dealkylation sites (N-methyl/N-ethyl adjacent to an activating group) is 1. The van der Waals surface area contributed by atoms with Crippen LogP contribution in [0.5, 0.6) is 0 Å². The van der Waals surface area contributed by atoms with Crippen molar-refractivity contribution in [2.45, 2.75) is 19.4 Å². The van der Waals surface area contributed by atoms with E-state index >= 15 is 0 Å². The van der Waals surface area contributed by atoms with Crippen molar-refractivity contribution in [1.29, 1.82) is 0 Å². The van der Waals surface area contributed by atoms with Crippen LogP contribution >= 0.6 is 11.3 Å². The molecule has 0 N–H and O–H groups in total. The highest BCUT2D eigenvalue weighted by Crippen LogP contribution is 2.30. The number of piperazine rings is 1. The molecule has 0 aliphatic carbocycles. The maximum Gasteiger partial charge on any atom is 0.185 e. The fraction of sp³-hybridized carbons (Fsp3) is 0.526. The summed E-state index contributed by atoms with van der Waals surface area (Å²) in [7, 11) is 0. The van der Waals surface area contributed by atoms with Crippen molar-refractivity contribution in [2.75, 3.05) is 50.7 Å². The maximum atomic E-state index is 13.1. The largest absolute Gasteiger partial charge is 0.346 e. The molecule has 0 bridgehead atoms. The lowest BCUT2D eigenvalue weighted by Gasteiger charge is -2.37. The zero-order chi connectivity index (χ0) is 17.2. The van der Waals surface area contributed by atoms with Crippen LogP contribution in [0.4, 0.5) is 9.52 Å². The molecule has 3 heterocycles. The van der Waals surface area contributed by atoms with Crippen LogP contribution in [-0.2, 0) is 0 Å². The molecule has 1 unspecified atom stereocenters. The summed E-state index contributed by atoms with van der Waals surface area (Å²) in [6.07, 6.45) is 1.22. The first-order valence-corrected chi connectivity index (χ1v) is 10.0. The number of aromatic nitrogens is 1. The van der Waals surface area contributed by atoms with Gasteiger partial charge in [-0.15, -0.1) is 11.3 Å². The molecular formula is C19H25FN4S. The Balaban J connectivity index is 1.38. The van der Waals surface area contributed by atoms with Crippen molar-refractivity contribution < 1.29 is 4.39 Å². The number of halogens is 1. The van der Waals surface area contributed by atoms with E-state index in [1.165, 1.54) is 44.7 Å². The summed E-state index contributed by atoms with van der Waals surface area (Å²) in [5.41, 5.74) is 1.93. The topological polar surface area (TPSA) is 22.6 Å². The van der Waals surface area contributed by atoms with E-state index in [9.17, 15) is 4.39 Å². The van der Waals surface area contributed by atoms with E-state index in [1.807, 2.05) is 0 Å². The Kier molecular flexibility index (Phi) is 5.01. The molecule has 4 nitrogen and oxygen atoms in total. The van der Waals surface area contributed by atoms with Gasteiger partial charge in [-0.05, 0) is 37.2 Å². The van der Waals surface area contributed by atoms with Crippen LogP contribution in [0.15, 0.2) is 29.6 Å². The molecule has 0 spiro atoms. The summed E-state index contributed by atoms with van der Waals surface area (Å²) < 4.78 is 13.1. The monoisotopic (exact) mass is 360 g/mol. The van der Waals surface area contributed by atoms with E-state index in [0.717, 1.165) is 36.0 Å². The Bertz CT molecular complexity index is 694. The molecule has 6 heteroatoms. The molecule has 1 atom stereocenters. The Hall–Kier alpha value is -1.50. The molecule has 2 aromatic rings. The normalized spacial score (nSPS) is 22.6. The molecule has 134 valence electrons. The summed E-state index contributed by atoms with van der Waals surface area (Å²) in [4.78, 5) is 12.4. The molecule has 4 rings (SSSR count). The average Bonchev–Trinajstić information content (AvgIpc) is 3.32. The number of anilines is 1.